The molecule has 5 heteroatoms. The van der Waals surface area contributed by atoms with Crippen molar-refractivity contribution in [2.75, 3.05) is 6.54 Å². The lowest BCUT2D eigenvalue weighted by Crippen LogP contribution is -2.05. The van der Waals surface area contributed by atoms with Crippen molar-refractivity contribution in [1.82, 2.24) is 4.72 Å². The highest BCUT2D eigenvalue weighted by molar-refractivity contribution is 7.97. The first-order valence-corrected chi connectivity index (χ1v) is 5.39. The molecule has 1 aromatic carbocycles. The van der Waals surface area contributed by atoms with Crippen LogP contribution in [0.5, 0.6) is 0 Å². The summed E-state index contributed by atoms with van der Waals surface area (Å²) in [5.74, 6) is -1.95. The van der Waals surface area contributed by atoms with Gasteiger partial charge in [-0.25, -0.2) is 9.18 Å². The molecule has 0 aliphatic heterocycles. The van der Waals surface area contributed by atoms with Crippen molar-refractivity contribution in [2.45, 2.75) is 18.2 Å². The fraction of sp³-hybridized carbons (Fsp3) is 0.300. The molecule has 1 aromatic rings. The fourth-order valence-corrected chi connectivity index (χ4v) is 1.75. The van der Waals surface area contributed by atoms with Gasteiger partial charge >= 0.3 is 5.97 Å². The predicted molar refractivity (Wildman–Crippen MR) is 57.5 cm³/mol. The highest BCUT2D eigenvalue weighted by atomic mass is 32.2. The molecule has 0 saturated carbocycles. The van der Waals surface area contributed by atoms with Crippen LogP contribution in [0.15, 0.2) is 23.1 Å². The minimum absolute atomic E-state index is 0.293. The van der Waals surface area contributed by atoms with Crippen molar-refractivity contribution < 1.29 is 14.3 Å². The van der Waals surface area contributed by atoms with Crippen LogP contribution in [0.4, 0.5) is 4.39 Å². The molecule has 0 atom stereocenters. The van der Waals surface area contributed by atoms with Crippen LogP contribution < -0.4 is 4.72 Å². The predicted octanol–water partition coefficient (Wildman–Crippen LogP) is 2.53. The van der Waals surface area contributed by atoms with Gasteiger partial charge in [0.05, 0.1) is 5.56 Å². The van der Waals surface area contributed by atoms with Gasteiger partial charge in [-0.15, -0.1) is 0 Å². The van der Waals surface area contributed by atoms with Gasteiger partial charge in [0, 0.05) is 11.4 Å². The topological polar surface area (TPSA) is 49.3 Å². The number of rotatable bonds is 5. The van der Waals surface area contributed by atoms with E-state index in [1.807, 2.05) is 6.92 Å². The summed E-state index contributed by atoms with van der Waals surface area (Å²) < 4.78 is 16.0. The standard InChI is InChI=1S/C10H12FNO2S/c1-2-5-12-15-7-3-4-9(11)8(6-7)10(13)14/h3-4,6,12H,2,5H2,1H3,(H,13,14). The highest BCUT2D eigenvalue weighted by Gasteiger charge is 2.10. The van der Waals surface area contributed by atoms with Crippen LogP contribution in [-0.2, 0) is 0 Å². The van der Waals surface area contributed by atoms with E-state index in [0.717, 1.165) is 13.0 Å². The zero-order valence-electron chi connectivity index (χ0n) is 8.29. The zero-order valence-corrected chi connectivity index (χ0v) is 9.10. The zero-order chi connectivity index (χ0) is 11.3. The van der Waals surface area contributed by atoms with Gasteiger partial charge in [0.1, 0.15) is 5.82 Å². The van der Waals surface area contributed by atoms with E-state index in [-0.39, 0.29) is 5.56 Å². The summed E-state index contributed by atoms with van der Waals surface area (Å²) in [4.78, 5) is 11.3. The van der Waals surface area contributed by atoms with Crippen molar-refractivity contribution in [1.29, 1.82) is 0 Å². The molecule has 15 heavy (non-hydrogen) atoms. The summed E-state index contributed by atoms with van der Waals surface area (Å²) >= 11 is 1.31. The van der Waals surface area contributed by atoms with Gasteiger partial charge in [-0.1, -0.05) is 6.92 Å². The molecule has 0 bridgehead atoms. The molecule has 2 N–H and O–H groups in total. The smallest absolute Gasteiger partial charge is 0.338 e. The van der Waals surface area contributed by atoms with Crippen molar-refractivity contribution >= 4 is 17.9 Å². The number of halogens is 1. The van der Waals surface area contributed by atoms with Crippen LogP contribution in [0, 0.1) is 5.82 Å². The van der Waals surface area contributed by atoms with Gasteiger partial charge in [-0.3, -0.25) is 4.72 Å². The number of carboxylic acid groups (broad SMARTS) is 1. The third-order valence-corrected chi connectivity index (χ3v) is 2.55. The Morgan fingerprint density at radius 2 is 2.33 bits per heavy atom. The first kappa shape index (κ1) is 12.0. The third-order valence-electron chi connectivity index (χ3n) is 1.71. The molecule has 0 radical (unpaired) electrons. The molecule has 0 amide bonds. The van der Waals surface area contributed by atoms with Crippen molar-refractivity contribution in [3.8, 4) is 0 Å². The fourth-order valence-electron chi connectivity index (χ4n) is 0.968. The average molecular weight is 229 g/mol. The highest BCUT2D eigenvalue weighted by Crippen LogP contribution is 2.18. The Balaban J connectivity index is 2.74. The maximum atomic E-state index is 13.0. The van der Waals surface area contributed by atoms with Crippen molar-refractivity contribution in [2.24, 2.45) is 0 Å². The van der Waals surface area contributed by atoms with E-state index in [9.17, 15) is 9.18 Å². The second-order valence-corrected chi connectivity index (χ2v) is 3.91. The second-order valence-electron chi connectivity index (χ2n) is 2.94. The lowest BCUT2D eigenvalue weighted by atomic mass is 10.2. The molecule has 82 valence electrons. The Kier molecular flexibility index (Phi) is 4.58. The summed E-state index contributed by atoms with van der Waals surface area (Å²) in [6.45, 7) is 2.85. The molecule has 0 aromatic heterocycles. The molecule has 0 aliphatic carbocycles. The Morgan fingerprint density at radius 3 is 2.93 bits per heavy atom. The maximum absolute atomic E-state index is 13.0. The number of aromatic carboxylic acids is 1. The largest absolute Gasteiger partial charge is 0.478 e. The number of carboxylic acids is 1. The molecule has 0 heterocycles. The normalized spacial score (nSPS) is 10.3. The maximum Gasteiger partial charge on any atom is 0.338 e. The van der Waals surface area contributed by atoms with E-state index >= 15 is 0 Å². The molecule has 3 nitrogen and oxygen atoms in total. The molecule has 0 fully saturated rings. The van der Waals surface area contributed by atoms with Gasteiger partial charge in [-0.05, 0) is 36.6 Å². The SMILES string of the molecule is CCCNSc1ccc(F)c(C(=O)O)c1. The molecule has 0 unspecified atom stereocenters. The summed E-state index contributed by atoms with van der Waals surface area (Å²) in [5, 5.41) is 8.69. The Morgan fingerprint density at radius 1 is 1.60 bits per heavy atom. The van der Waals surface area contributed by atoms with E-state index in [0.29, 0.717) is 4.90 Å². The quantitative estimate of drug-likeness (QED) is 0.601. The molecule has 0 saturated heterocycles. The Labute approximate surface area is 91.8 Å². The Hall–Kier alpha value is -1.07. The minimum Gasteiger partial charge on any atom is -0.478 e. The van der Waals surface area contributed by atoms with Crippen LogP contribution >= 0.6 is 11.9 Å². The van der Waals surface area contributed by atoms with Gasteiger partial charge in [-0.2, -0.15) is 0 Å². The second kappa shape index (κ2) is 5.72. The summed E-state index contributed by atoms with van der Waals surface area (Å²) in [7, 11) is 0. The van der Waals surface area contributed by atoms with Crippen molar-refractivity contribution in [3.05, 3.63) is 29.6 Å². The average Bonchev–Trinajstić information content (AvgIpc) is 2.20. The summed E-state index contributed by atoms with van der Waals surface area (Å²) in [5.41, 5.74) is -0.293. The van der Waals surface area contributed by atoms with Gasteiger partial charge in [0.2, 0.25) is 0 Å². The number of carbonyl (C=O) groups is 1. The number of nitrogens with one attached hydrogen (secondary N) is 1. The van der Waals surface area contributed by atoms with Crippen LogP contribution in [0.25, 0.3) is 0 Å². The molecule has 1 rings (SSSR count). The van der Waals surface area contributed by atoms with E-state index in [1.54, 1.807) is 6.07 Å². The first-order valence-electron chi connectivity index (χ1n) is 4.57. The van der Waals surface area contributed by atoms with Gasteiger partial charge < -0.3 is 5.11 Å². The molecular formula is C10H12FNO2S. The van der Waals surface area contributed by atoms with Gasteiger partial charge in [0.25, 0.3) is 0 Å². The number of hydrogen-bond donors (Lipinski definition) is 2. The Bertz CT molecular complexity index is 357. The van der Waals surface area contributed by atoms with Crippen LogP contribution in [0.1, 0.15) is 23.7 Å². The monoisotopic (exact) mass is 229 g/mol. The summed E-state index contributed by atoms with van der Waals surface area (Å²) in [6.07, 6.45) is 0.986. The number of hydrogen-bond acceptors (Lipinski definition) is 3. The van der Waals surface area contributed by atoms with E-state index in [2.05, 4.69) is 4.72 Å². The lowest BCUT2D eigenvalue weighted by molar-refractivity contribution is 0.0691. The molecular weight excluding hydrogens is 217 g/mol. The van der Waals surface area contributed by atoms with Crippen LogP contribution in [-0.4, -0.2) is 17.6 Å². The first-order chi connectivity index (χ1) is 7.15. The lowest BCUT2D eigenvalue weighted by Gasteiger charge is -2.04. The summed E-state index contributed by atoms with van der Waals surface area (Å²) in [6, 6.07) is 4.04. The molecule has 0 spiro atoms. The van der Waals surface area contributed by atoms with E-state index < -0.39 is 11.8 Å². The molecule has 0 aliphatic rings. The van der Waals surface area contributed by atoms with E-state index in [1.165, 1.54) is 24.1 Å². The van der Waals surface area contributed by atoms with E-state index in [4.69, 9.17) is 5.11 Å². The van der Waals surface area contributed by atoms with Crippen LogP contribution in [0.3, 0.4) is 0 Å². The van der Waals surface area contributed by atoms with Gasteiger partial charge in [0.15, 0.2) is 0 Å². The van der Waals surface area contributed by atoms with Crippen LogP contribution in [0.2, 0.25) is 0 Å². The number of benzene rings is 1. The minimum atomic E-state index is -1.24. The third kappa shape index (κ3) is 3.53. The van der Waals surface area contributed by atoms with Crippen molar-refractivity contribution in [3.63, 3.8) is 0 Å².